The number of hydrogen-bond donors (Lipinski definition) is 0. The van der Waals surface area contributed by atoms with Crippen molar-refractivity contribution in [2.24, 2.45) is 0 Å². The van der Waals surface area contributed by atoms with Crippen LogP contribution in [0.15, 0.2) is 59.5 Å². The zero-order chi connectivity index (χ0) is 20.3. The fraction of sp³-hybridized carbons (Fsp3) is 0.478. The van der Waals surface area contributed by atoms with E-state index in [0.717, 1.165) is 63.4 Å². The lowest BCUT2D eigenvalue weighted by atomic mass is 9.85. The lowest BCUT2D eigenvalue weighted by Gasteiger charge is -2.51. The summed E-state index contributed by atoms with van der Waals surface area (Å²) in [4.78, 5) is 5.37. The Kier molecular flexibility index (Phi) is 6.06. The van der Waals surface area contributed by atoms with Gasteiger partial charge in [-0.2, -0.15) is 0 Å². The second-order valence-corrected chi connectivity index (χ2v) is 10.3. The average molecular weight is 415 g/mol. The van der Waals surface area contributed by atoms with Crippen molar-refractivity contribution in [3.8, 4) is 0 Å². The maximum absolute atomic E-state index is 12.9. The molecule has 0 radical (unpaired) electrons. The molecule has 2 aliphatic rings. The van der Waals surface area contributed by atoms with Gasteiger partial charge in [0.1, 0.15) is 0 Å². The Labute approximate surface area is 174 Å². The van der Waals surface area contributed by atoms with E-state index in [2.05, 4.69) is 22.9 Å². The monoisotopic (exact) mass is 414 g/mol. The van der Waals surface area contributed by atoms with Gasteiger partial charge >= 0.3 is 0 Å². The van der Waals surface area contributed by atoms with Crippen LogP contribution >= 0.6 is 0 Å². The van der Waals surface area contributed by atoms with Crippen LogP contribution in [0, 0.1) is 0 Å². The molecule has 0 unspecified atom stereocenters. The van der Waals surface area contributed by atoms with Gasteiger partial charge in [0.05, 0.1) is 10.6 Å². The molecule has 2 fully saturated rings. The Morgan fingerprint density at radius 1 is 0.931 bits per heavy atom. The predicted molar refractivity (Wildman–Crippen MR) is 114 cm³/mol. The zero-order valence-electron chi connectivity index (χ0n) is 17.1. The van der Waals surface area contributed by atoms with Gasteiger partial charge in [0.2, 0.25) is 0 Å². The summed E-state index contributed by atoms with van der Waals surface area (Å²) in [6.45, 7) is 5.47. The number of rotatable bonds is 5. The van der Waals surface area contributed by atoms with E-state index in [1.807, 2.05) is 24.3 Å². The number of benzene rings is 2. The van der Waals surface area contributed by atoms with Gasteiger partial charge < -0.3 is 4.74 Å². The largest absolute Gasteiger partial charge is 0.381 e. The molecular formula is C23H30N2O3S. The summed E-state index contributed by atoms with van der Waals surface area (Å²) in [5.41, 5.74) is 2.19. The summed E-state index contributed by atoms with van der Waals surface area (Å²) < 4.78 is 31.4. The molecular weight excluding hydrogens is 384 g/mol. The van der Waals surface area contributed by atoms with E-state index >= 15 is 0 Å². The topological polar surface area (TPSA) is 49.9 Å². The molecule has 1 spiro atoms. The maximum Gasteiger partial charge on any atom is 0.182 e. The molecule has 0 bridgehead atoms. The molecule has 0 amide bonds. The summed E-state index contributed by atoms with van der Waals surface area (Å²) >= 11 is 0. The zero-order valence-corrected chi connectivity index (χ0v) is 17.9. The van der Waals surface area contributed by atoms with Crippen molar-refractivity contribution < 1.29 is 13.2 Å². The minimum atomic E-state index is -3.36. The highest BCUT2D eigenvalue weighted by Gasteiger charge is 2.40. The van der Waals surface area contributed by atoms with Crippen LogP contribution in [0.3, 0.4) is 0 Å². The number of sulfone groups is 1. The summed E-state index contributed by atoms with van der Waals surface area (Å²) in [5.74, 6) is 0.0416. The SMILES string of the molecule is CN1CCN(Cc2ccccc2CS(=O)(=O)c2ccccc2)CC12CCOCC2. The fourth-order valence-electron chi connectivity index (χ4n) is 4.58. The van der Waals surface area contributed by atoms with Crippen LogP contribution in [0.5, 0.6) is 0 Å². The molecule has 0 atom stereocenters. The minimum absolute atomic E-state index is 0.0416. The van der Waals surface area contributed by atoms with Crippen LogP contribution in [0.2, 0.25) is 0 Å². The Morgan fingerprint density at radius 3 is 2.31 bits per heavy atom. The van der Waals surface area contributed by atoms with Crippen LogP contribution in [-0.4, -0.2) is 63.7 Å². The van der Waals surface area contributed by atoms with Gasteiger partial charge in [-0.15, -0.1) is 0 Å². The molecule has 2 saturated heterocycles. The molecule has 6 heteroatoms. The van der Waals surface area contributed by atoms with Crippen molar-refractivity contribution in [1.29, 1.82) is 0 Å². The number of piperazine rings is 1. The van der Waals surface area contributed by atoms with Crippen LogP contribution < -0.4 is 0 Å². The highest BCUT2D eigenvalue weighted by Crippen LogP contribution is 2.31. The van der Waals surface area contributed by atoms with E-state index in [-0.39, 0.29) is 11.3 Å². The van der Waals surface area contributed by atoms with Gasteiger partial charge in [-0.05, 0) is 43.1 Å². The van der Waals surface area contributed by atoms with Crippen LogP contribution in [0.25, 0.3) is 0 Å². The summed E-state index contributed by atoms with van der Waals surface area (Å²) in [5, 5.41) is 0. The normalized spacial score (nSPS) is 20.7. The summed E-state index contributed by atoms with van der Waals surface area (Å²) in [6.07, 6.45) is 2.12. The van der Waals surface area contributed by atoms with Crippen LogP contribution in [-0.2, 0) is 26.9 Å². The van der Waals surface area contributed by atoms with E-state index < -0.39 is 9.84 Å². The van der Waals surface area contributed by atoms with E-state index in [4.69, 9.17) is 4.74 Å². The maximum atomic E-state index is 12.9. The molecule has 0 N–H and O–H groups in total. The quantitative estimate of drug-likeness (QED) is 0.753. The third kappa shape index (κ3) is 4.56. The second kappa shape index (κ2) is 8.56. The van der Waals surface area contributed by atoms with Gasteiger partial charge in [-0.1, -0.05) is 42.5 Å². The van der Waals surface area contributed by atoms with Crippen molar-refractivity contribution in [2.45, 2.75) is 35.6 Å². The highest BCUT2D eigenvalue weighted by molar-refractivity contribution is 7.90. The van der Waals surface area contributed by atoms with Crippen molar-refractivity contribution in [3.63, 3.8) is 0 Å². The average Bonchev–Trinajstić information content (AvgIpc) is 2.73. The van der Waals surface area contributed by atoms with Crippen molar-refractivity contribution in [2.75, 3.05) is 39.9 Å². The number of ether oxygens (including phenoxy) is 1. The van der Waals surface area contributed by atoms with Gasteiger partial charge in [-0.25, -0.2) is 8.42 Å². The molecule has 5 nitrogen and oxygen atoms in total. The Hall–Kier alpha value is -1.73. The summed E-state index contributed by atoms with van der Waals surface area (Å²) in [6, 6.07) is 16.7. The van der Waals surface area contributed by atoms with E-state index in [1.54, 1.807) is 24.3 Å². The third-order valence-corrected chi connectivity index (χ3v) is 8.14. The molecule has 2 aromatic carbocycles. The van der Waals surface area contributed by atoms with Crippen molar-refractivity contribution in [3.05, 3.63) is 65.7 Å². The predicted octanol–water partition coefficient (Wildman–Crippen LogP) is 2.96. The molecule has 4 rings (SSSR count). The molecule has 2 aliphatic heterocycles. The minimum Gasteiger partial charge on any atom is -0.381 e. The van der Waals surface area contributed by atoms with Crippen molar-refractivity contribution >= 4 is 9.84 Å². The van der Waals surface area contributed by atoms with Crippen LogP contribution in [0.4, 0.5) is 0 Å². The molecule has 0 saturated carbocycles. The first-order valence-corrected chi connectivity index (χ1v) is 12.0. The molecule has 0 aromatic heterocycles. The molecule has 0 aliphatic carbocycles. The van der Waals surface area contributed by atoms with E-state index in [9.17, 15) is 8.42 Å². The second-order valence-electron chi connectivity index (χ2n) is 8.31. The number of likely N-dealkylation sites (N-methyl/N-ethyl adjacent to an activating group) is 1. The smallest absolute Gasteiger partial charge is 0.182 e. The lowest BCUT2D eigenvalue weighted by Crippen LogP contribution is -2.62. The molecule has 2 heterocycles. The first-order chi connectivity index (χ1) is 14.0. The van der Waals surface area contributed by atoms with E-state index in [1.165, 1.54) is 0 Å². The fourth-order valence-corrected chi connectivity index (χ4v) is 6.01. The first-order valence-electron chi connectivity index (χ1n) is 10.3. The van der Waals surface area contributed by atoms with Gasteiger partial charge in [0, 0.05) is 44.9 Å². The molecule has 29 heavy (non-hydrogen) atoms. The Balaban J connectivity index is 1.52. The first kappa shape index (κ1) is 20.5. The molecule has 156 valence electrons. The lowest BCUT2D eigenvalue weighted by molar-refractivity contribution is -0.0625. The van der Waals surface area contributed by atoms with E-state index in [0.29, 0.717) is 4.90 Å². The van der Waals surface area contributed by atoms with Gasteiger partial charge in [0.15, 0.2) is 9.84 Å². The van der Waals surface area contributed by atoms with Crippen molar-refractivity contribution in [1.82, 2.24) is 9.80 Å². The van der Waals surface area contributed by atoms with Crippen LogP contribution in [0.1, 0.15) is 24.0 Å². The Bertz CT molecular complexity index is 924. The highest BCUT2D eigenvalue weighted by atomic mass is 32.2. The number of hydrogen-bond acceptors (Lipinski definition) is 5. The third-order valence-electron chi connectivity index (χ3n) is 6.46. The van der Waals surface area contributed by atoms with Gasteiger partial charge in [-0.3, -0.25) is 9.80 Å². The standard InChI is InChI=1S/C23H30N2O3S/c1-24-13-14-25(19-23(24)11-15-28-16-12-23)17-20-7-5-6-8-21(20)18-29(26,27)22-9-3-2-4-10-22/h2-10H,11-19H2,1H3. The molecule has 2 aromatic rings. The summed E-state index contributed by atoms with van der Waals surface area (Å²) in [7, 11) is -1.13. The Morgan fingerprint density at radius 2 is 1.59 bits per heavy atom. The number of nitrogens with zero attached hydrogens (tertiary/aromatic N) is 2. The van der Waals surface area contributed by atoms with Gasteiger partial charge in [0.25, 0.3) is 0 Å².